The standard InChI is InChI=1S/C12H12O3S.K/c1-2-9-5-3-6-10-7-4-8-11(12(9)10)16(13,14)15;/h3-8H,2H2,1H3,(H,13,14,15);/q;+1/p-1. The van der Waals surface area contributed by atoms with Gasteiger partial charge in [0.05, 0.1) is 4.90 Å². The maximum Gasteiger partial charge on any atom is 1.00 e. The smallest absolute Gasteiger partial charge is 0.744 e. The number of rotatable bonds is 2. The van der Waals surface area contributed by atoms with Gasteiger partial charge in [0.15, 0.2) is 0 Å². The van der Waals surface area contributed by atoms with Gasteiger partial charge in [0.1, 0.15) is 10.1 Å². The van der Waals surface area contributed by atoms with Crippen molar-refractivity contribution in [2.75, 3.05) is 0 Å². The van der Waals surface area contributed by atoms with Gasteiger partial charge in [-0.3, -0.25) is 0 Å². The third-order valence-corrected chi connectivity index (χ3v) is 3.48. The molecule has 2 rings (SSSR count). The van der Waals surface area contributed by atoms with Crippen molar-refractivity contribution < 1.29 is 64.4 Å². The Labute approximate surface area is 143 Å². The summed E-state index contributed by atoms with van der Waals surface area (Å²) in [5.74, 6) is 0. The summed E-state index contributed by atoms with van der Waals surface area (Å²) in [5, 5.41) is 1.35. The largest absolute Gasteiger partial charge is 1.00 e. The molecule has 0 radical (unpaired) electrons. The molecule has 2 aromatic rings. The van der Waals surface area contributed by atoms with Crippen LogP contribution in [0.25, 0.3) is 10.8 Å². The number of aryl methyl sites for hydroxylation is 1. The zero-order chi connectivity index (χ0) is 11.8. The van der Waals surface area contributed by atoms with Crippen molar-refractivity contribution in [3.63, 3.8) is 0 Å². The number of hydrogen-bond acceptors (Lipinski definition) is 3. The van der Waals surface area contributed by atoms with Crippen LogP contribution in [0.2, 0.25) is 0 Å². The van der Waals surface area contributed by atoms with Gasteiger partial charge in [0.2, 0.25) is 0 Å². The average Bonchev–Trinajstić information content (AvgIpc) is 2.26. The minimum Gasteiger partial charge on any atom is -0.744 e. The van der Waals surface area contributed by atoms with E-state index < -0.39 is 10.1 Å². The van der Waals surface area contributed by atoms with E-state index in [-0.39, 0.29) is 56.3 Å². The van der Waals surface area contributed by atoms with Crippen molar-refractivity contribution >= 4 is 20.9 Å². The van der Waals surface area contributed by atoms with Gasteiger partial charge < -0.3 is 4.55 Å². The Kier molecular flexibility index (Phi) is 5.33. The molecular formula is C12H11KO3S. The molecule has 17 heavy (non-hydrogen) atoms. The van der Waals surface area contributed by atoms with Crippen LogP contribution in [0.4, 0.5) is 0 Å². The van der Waals surface area contributed by atoms with Crippen LogP contribution >= 0.6 is 0 Å². The van der Waals surface area contributed by atoms with E-state index in [0.717, 1.165) is 10.9 Å². The van der Waals surface area contributed by atoms with E-state index in [4.69, 9.17) is 0 Å². The predicted molar refractivity (Wildman–Crippen MR) is 61.3 cm³/mol. The van der Waals surface area contributed by atoms with Crippen molar-refractivity contribution in [1.29, 1.82) is 0 Å². The molecule has 0 aliphatic heterocycles. The second-order valence-electron chi connectivity index (χ2n) is 3.58. The normalized spacial score (nSPS) is 11.2. The van der Waals surface area contributed by atoms with E-state index in [9.17, 15) is 13.0 Å². The first-order chi connectivity index (χ1) is 7.54. The minimum absolute atomic E-state index is 0. The number of hydrogen-bond donors (Lipinski definition) is 0. The molecular weight excluding hydrogens is 263 g/mol. The second kappa shape index (κ2) is 5.93. The van der Waals surface area contributed by atoms with E-state index in [1.54, 1.807) is 6.07 Å². The van der Waals surface area contributed by atoms with E-state index >= 15 is 0 Å². The summed E-state index contributed by atoms with van der Waals surface area (Å²) in [6.45, 7) is 1.93. The molecule has 0 N–H and O–H groups in total. The van der Waals surface area contributed by atoms with Crippen molar-refractivity contribution in [2.45, 2.75) is 18.2 Å². The fourth-order valence-corrected chi connectivity index (χ4v) is 2.63. The van der Waals surface area contributed by atoms with Crippen molar-refractivity contribution in [2.24, 2.45) is 0 Å². The summed E-state index contributed by atoms with van der Waals surface area (Å²) in [5.41, 5.74) is 0.882. The van der Waals surface area contributed by atoms with E-state index in [2.05, 4.69) is 0 Å². The third kappa shape index (κ3) is 3.17. The molecule has 3 nitrogen and oxygen atoms in total. The summed E-state index contributed by atoms with van der Waals surface area (Å²) < 4.78 is 33.5. The Hall–Kier alpha value is 0.246. The van der Waals surface area contributed by atoms with Crippen LogP contribution in [0.3, 0.4) is 0 Å². The first-order valence-electron chi connectivity index (χ1n) is 5.00. The molecule has 0 saturated carbocycles. The Morgan fingerprint density at radius 3 is 2.24 bits per heavy atom. The SMILES string of the molecule is CCc1cccc2cccc(S(=O)(=O)[O-])c12.[K+]. The van der Waals surface area contributed by atoms with Crippen molar-refractivity contribution in [3.8, 4) is 0 Å². The van der Waals surface area contributed by atoms with Crippen LogP contribution in [-0.4, -0.2) is 13.0 Å². The maximum absolute atomic E-state index is 11.2. The van der Waals surface area contributed by atoms with Crippen LogP contribution in [-0.2, 0) is 16.5 Å². The van der Waals surface area contributed by atoms with Crippen LogP contribution in [0.1, 0.15) is 12.5 Å². The minimum atomic E-state index is -4.41. The monoisotopic (exact) mass is 274 g/mol. The van der Waals surface area contributed by atoms with Gasteiger partial charge >= 0.3 is 51.4 Å². The molecule has 0 spiro atoms. The fourth-order valence-electron chi connectivity index (χ4n) is 1.88. The molecule has 0 amide bonds. The Balaban J connectivity index is 0.00000144. The Morgan fingerprint density at radius 1 is 1.12 bits per heavy atom. The van der Waals surface area contributed by atoms with E-state index in [0.29, 0.717) is 11.8 Å². The van der Waals surface area contributed by atoms with Crippen LogP contribution in [0.15, 0.2) is 41.3 Å². The molecule has 0 unspecified atom stereocenters. The van der Waals surface area contributed by atoms with Crippen LogP contribution in [0.5, 0.6) is 0 Å². The summed E-state index contributed by atoms with van der Waals surface area (Å²) in [6.07, 6.45) is 0.698. The quantitative estimate of drug-likeness (QED) is 0.538. The molecule has 0 saturated heterocycles. The van der Waals surface area contributed by atoms with Crippen molar-refractivity contribution in [1.82, 2.24) is 0 Å². The zero-order valence-electron chi connectivity index (χ0n) is 9.80. The Morgan fingerprint density at radius 2 is 1.71 bits per heavy atom. The zero-order valence-corrected chi connectivity index (χ0v) is 13.7. The average molecular weight is 274 g/mol. The summed E-state index contributed by atoms with van der Waals surface area (Å²) in [4.78, 5) is -0.123. The van der Waals surface area contributed by atoms with E-state index in [1.807, 2.05) is 31.2 Å². The van der Waals surface area contributed by atoms with Crippen LogP contribution in [0, 0.1) is 0 Å². The van der Waals surface area contributed by atoms with Gasteiger partial charge in [-0.05, 0) is 23.4 Å². The first kappa shape index (κ1) is 15.3. The molecule has 0 aliphatic carbocycles. The molecule has 0 aromatic heterocycles. The molecule has 0 bridgehead atoms. The van der Waals surface area contributed by atoms with Crippen LogP contribution < -0.4 is 51.4 Å². The molecule has 0 aliphatic rings. The fraction of sp³-hybridized carbons (Fsp3) is 0.167. The van der Waals surface area contributed by atoms with Gasteiger partial charge in [-0.2, -0.15) is 0 Å². The summed E-state index contributed by atoms with van der Waals surface area (Å²) in [7, 11) is -4.41. The third-order valence-electron chi connectivity index (χ3n) is 2.60. The molecule has 5 heteroatoms. The first-order valence-corrected chi connectivity index (χ1v) is 6.41. The van der Waals surface area contributed by atoms with E-state index in [1.165, 1.54) is 6.07 Å². The summed E-state index contributed by atoms with van der Waals surface area (Å²) in [6, 6.07) is 10.3. The molecule has 0 atom stereocenters. The number of benzene rings is 2. The van der Waals surface area contributed by atoms with Gasteiger partial charge in [-0.25, -0.2) is 8.42 Å². The summed E-state index contributed by atoms with van der Waals surface area (Å²) >= 11 is 0. The van der Waals surface area contributed by atoms with Gasteiger partial charge in [0, 0.05) is 5.39 Å². The number of fused-ring (bicyclic) bond motifs is 1. The predicted octanol–water partition coefficient (Wildman–Crippen LogP) is -0.690. The second-order valence-corrected chi connectivity index (χ2v) is 4.93. The van der Waals surface area contributed by atoms with Gasteiger partial charge in [0.25, 0.3) is 0 Å². The molecule has 84 valence electrons. The Bertz CT molecular complexity index is 630. The van der Waals surface area contributed by atoms with Gasteiger partial charge in [-0.15, -0.1) is 0 Å². The molecule has 0 heterocycles. The maximum atomic E-state index is 11.2. The van der Waals surface area contributed by atoms with Crippen molar-refractivity contribution in [3.05, 3.63) is 42.0 Å². The molecule has 0 fully saturated rings. The van der Waals surface area contributed by atoms with Gasteiger partial charge in [-0.1, -0.05) is 37.3 Å². The topological polar surface area (TPSA) is 57.2 Å². The molecule has 2 aromatic carbocycles.